The lowest BCUT2D eigenvalue weighted by Gasteiger charge is -2.04. The summed E-state index contributed by atoms with van der Waals surface area (Å²) in [6.07, 6.45) is 0.846. The van der Waals surface area contributed by atoms with Crippen LogP contribution < -0.4 is 0 Å². The van der Waals surface area contributed by atoms with Crippen LogP contribution in [0.15, 0.2) is 36.4 Å². The Bertz CT molecular complexity index is 614. The second kappa shape index (κ2) is 4.30. The van der Waals surface area contributed by atoms with Gasteiger partial charge < -0.3 is 4.74 Å². The average molecular weight is 237 g/mol. The molecule has 18 heavy (non-hydrogen) atoms. The van der Waals surface area contributed by atoms with E-state index in [1.165, 1.54) is 16.7 Å². The molecular formula is C16H13O2. The minimum Gasteiger partial charge on any atom is -0.462 e. The van der Waals surface area contributed by atoms with Crippen LogP contribution in [0, 0.1) is 6.07 Å². The third kappa shape index (κ3) is 1.70. The third-order valence-electron chi connectivity index (χ3n) is 3.20. The number of carbonyl (C=O) groups is 1. The van der Waals surface area contributed by atoms with E-state index < -0.39 is 0 Å². The fourth-order valence-electron chi connectivity index (χ4n) is 2.39. The van der Waals surface area contributed by atoms with Crippen LogP contribution in [0.5, 0.6) is 0 Å². The van der Waals surface area contributed by atoms with Crippen molar-refractivity contribution in [2.75, 3.05) is 6.61 Å². The number of rotatable bonds is 2. The van der Waals surface area contributed by atoms with Gasteiger partial charge in [0.2, 0.25) is 0 Å². The van der Waals surface area contributed by atoms with E-state index in [2.05, 4.69) is 18.2 Å². The molecule has 0 aliphatic heterocycles. The van der Waals surface area contributed by atoms with Gasteiger partial charge in [-0.25, -0.2) is 4.79 Å². The van der Waals surface area contributed by atoms with Gasteiger partial charge in [0.1, 0.15) is 0 Å². The van der Waals surface area contributed by atoms with E-state index in [9.17, 15) is 4.79 Å². The molecule has 2 aromatic rings. The molecule has 0 bridgehead atoms. The average Bonchev–Trinajstić information content (AvgIpc) is 2.76. The van der Waals surface area contributed by atoms with Gasteiger partial charge in [0.05, 0.1) is 12.2 Å². The zero-order valence-electron chi connectivity index (χ0n) is 10.2. The molecule has 2 heteroatoms. The van der Waals surface area contributed by atoms with Crippen molar-refractivity contribution in [3.05, 3.63) is 59.2 Å². The monoisotopic (exact) mass is 237 g/mol. The number of hydrogen-bond acceptors (Lipinski definition) is 2. The van der Waals surface area contributed by atoms with E-state index in [-0.39, 0.29) is 5.97 Å². The Morgan fingerprint density at radius 1 is 1.22 bits per heavy atom. The molecule has 2 aromatic carbocycles. The van der Waals surface area contributed by atoms with Gasteiger partial charge in [0.15, 0.2) is 0 Å². The normalized spacial score (nSPS) is 11.8. The molecule has 1 aliphatic rings. The Morgan fingerprint density at radius 3 is 2.89 bits per heavy atom. The first-order chi connectivity index (χ1) is 8.79. The van der Waals surface area contributed by atoms with Gasteiger partial charge in [-0.15, -0.1) is 0 Å². The fourth-order valence-corrected chi connectivity index (χ4v) is 2.39. The van der Waals surface area contributed by atoms with E-state index >= 15 is 0 Å². The van der Waals surface area contributed by atoms with Crippen LogP contribution in [0.25, 0.3) is 11.1 Å². The molecule has 1 aliphatic carbocycles. The molecule has 0 atom stereocenters. The summed E-state index contributed by atoms with van der Waals surface area (Å²) in [5.74, 6) is -0.295. The van der Waals surface area contributed by atoms with Crippen molar-refractivity contribution >= 4 is 5.97 Å². The fraction of sp³-hybridized carbons (Fsp3) is 0.188. The SMILES string of the molecule is CCOC(=O)c1[c]c2c(cc1)-c1ccccc1C2. The minimum atomic E-state index is -0.295. The zero-order valence-corrected chi connectivity index (χ0v) is 10.2. The van der Waals surface area contributed by atoms with Crippen molar-refractivity contribution in [2.24, 2.45) is 0 Å². The first kappa shape index (κ1) is 11.0. The van der Waals surface area contributed by atoms with E-state index in [0.717, 1.165) is 12.0 Å². The number of fused-ring (bicyclic) bond motifs is 3. The first-order valence-corrected chi connectivity index (χ1v) is 6.10. The minimum absolute atomic E-state index is 0.295. The Hall–Kier alpha value is -2.09. The van der Waals surface area contributed by atoms with Gasteiger partial charge in [-0.05, 0) is 41.7 Å². The smallest absolute Gasteiger partial charge is 0.338 e. The third-order valence-corrected chi connectivity index (χ3v) is 3.20. The summed E-state index contributed by atoms with van der Waals surface area (Å²) < 4.78 is 4.99. The van der Waals surface area contributed by atoms with Gasteiger partial charge in [-0.1, -0.05) is 30.3 Å². The standard InChI is InChI=1S/C16H13O2/c1-2-18-16(17)12-7-8-15-13(10-12)9-11-5-3-4-6-14(11)15/h3-8H,2,9H2,1H3. The number of benzene rings is 2. The summed E-state index contributed by atoms with van der Waals surface area (Å²) >= 11 is 0. The quantitative estimate of drug-likeness (QED) is 0.639. The number of carbonyl (C=O) groups excluding carboxylic acids is 1. The zero-order chi connectivity index (χ0) is 12.5. The van der Waals surface area contributed by atoms with Crippen LogP contribution in [0.2, 0.25) is 0 Å². The summed E-state index contributed by atoms with van der Waals surface area (Å²) in [7, 11) is 0. The van der Waals surface area contributed by atoms with Crippen LogP contribution in [0.4, 0.5) is 0 Å². The molecule has 0 N–H and O–H groups in total. The second-order valence-corrected chi connectivity index (χ2v) is 4.32. The van der Waals surface area contributed by atoms with E-state index in [1.807, 2.05) is 18.2 Å². The van der Waals surface area contributed by atoms with Gasteiger partial charge >= 0.3 is 5.97 Å². The predicted octanol–water partition coefficient (Wildman–Crippen LogP) is 3.23. The Labute approximate surface area is 106 Å². The lowest BCUT2D eigenvalue weighted by Crippen LogP contribution is -2.05. The predicted molar refractivity (Wildman–Crippen MR) is 69.5 cm³/mol. The first-order valence-electron chi connectivity index (χ1n) is 6.10. The van der Waals surface area contributed by atoms with Gasteiger partial charge in [-0.3, -0.25) is 0 Å². The highest BCUT2D eigenvalue weighted by Crippen LogP contribution is 2.36. The highest BCUT2D eigenvalue weighted by atomic mass is 16.5. The van der Waals surface area contributed by atoms with E-state index in [4.69, 9.17) is 4.74 Å². The molecule has 0 saturated heterocycles. The molecular weight excluding hydrogens is 224 g/mol. The van der Waals surface area contributed by atoms with Crippen LogP contribution in [-0.2, 0) is 11.2 Å². The van der Waals surface area contributed by atoms with Crippen LogP contribution in [0.1, 0.15) is 28.4 Å². The van der Waals surface area contributed by atoms with Crippen molar-refractivity contribution in [3.63, 3.8) is 0 Å². The highest BCUT2D eigenvalue weighted by Gasteiger charge is 2.19. The lowest BCUT2D eigenvalue weighted by atomic mass is 10.0. The molecule has 0 amide bonds. The molecule has 0 spiro atoms. The van der Waals surface area contributed by atoms with Crippen molar-refractivity contribution in [1.29, 1.82) is 0 Å². The maximum atomic E-state index is 11.7. The van der Waals surface area contributed by atoms with Crippen LogP contribution in [-0.4, -0.2) is 12.6 Å². The summed E-state index contributed by atoms with van der Waals surface area (Å²) in [4.78, 5) is 11.7. The van der Waals surface area contributed by atoms with E-state index in [1.54, 1.807) is 13.0 Å². The molecule has 1 radical (unpaired) electrons. The summed E-state index contributed by atoms with van der Waals surface area (Å²) in [5, 5.41) is 0. The molecule has 0 unspecified atom stereocenters. The van der Waals surface area contributed by atoms with Crippen molar-refractivity contribution in [1.82, 2.24) is 0 Å². The lowest BCUT2D eigenvalue weighted by molar-refractivity contribution is 0.0526. The molecule has 0 aromatic heterocycles. The van der Waals surface area contributed by atoms with Gasteiger partial charge in [0, 0.05) is 6.07 Å². The molecule has 89 valence electrons. The van der Waals surface area contributed by atoms with Crippen LogP contribution >= 0.6 is 0 Å². The van der Waals surface area contributed by atoms with Crippen LogP contribution in [0.3, 0.4) is 0 Å². The Kier molecular flexibility index (Phi) is 2.63. The topological polar surface area (TPSA) is 26.3 Å². The molecule has 0 heterocycles. The van der Waals surface area contributed by atoms with Crippen molar-refractivity contribution < 1.29 is 9.53 Å². The van der Waals surface area contributed by atoms with Gasteiger partial charge in [0.25, 0.3) is 0 Å². The Morgan fingerprint density at radius 2 is 2.06 bits per heavy atom. The second-order valence-electron chi connectivity index (χ2n) is 4.32. The summed E-state index contributed by atoms with van der Waals surface area (Å²) in [6, 6.07) is 15.3. The number of esters is 1. The number of hydrogen-bond donors (Lipinski definition) is 0. The maximum absolute atomic E-state index is 11.7. The maximum Gasteiger partial charge on any atom is 0.338 e. The van der Waals surface area contributed by atoms with Crippen molar-refractivity contribution in [2.45, 2.75) is 13.3 Å². The summed E-state index contributed by atoms with van der Waals surface area (Å²) in [6.45, 7) is 2.20. The summed E-state index contributed by atoms with van der Waals surface area (Å²) in [5.41, 5.74) is 5.33. The van der Waals surface area contributed by atoms with E-state index in [0.29, 0.717) is 12.2 Å². The van der Waals surface area contributed by atoms with Crippen molar-refractivity contribution in [3.8, 4) is 11.1 Å². The molecule has 0 fully saturated rings. The van der Waals surface area contributed by atoms with Gasteiger partial charge in [-0.2, -0.15) is 0 Å². The largest absolute Gasteiger partial charge is 0.462 e. The highest BCUT2D eigenvalue weighted by molar-refractivity contribution is 5.91. The molecule has 0 saturated carbocycles. The molecule has 2 nitrogen and oxygen atoms in total. The molecule has 3 rings (SSSR count). The number of ether oxygens (including phenoxy) is 1. The Balaban J connectivity index is 2.01.